The van der Waals surface area contributed by atoms with E-state index >= 15 is 0 Å². The fourth-order valence-electron chi connectivity index (χ4n) is 4.59. The van der Waals surface area contributed by atoms with E-state index in [2.05, 4.69) is 25.9 Å². The third-order valence-electron chi connectivity index (χ3n) is 6.46. The minimum absolute atomic E-state index is 0.0448. The molecule has 0 saturated carbocycles. The monoisotopic (exact) mass is 459 g/mol. The molecule has 0 fully saturated rings. The van der Waals surface area contributed by atoms with Crippen molar-refractivity contribution in [2.75, 3.05) is 27.3 Å². The summed E-state index contributed by atoms with van der Waals surface area (Å²) in [6.07, 6.45) is 5.74. The standard InChI is InChI=1S/C26H29N5O3/c1-33-18-7-9-24(34-2)19(13-18)21-8-6-17(14-28-21)15-31-12-10-22-20(16-31)26(32)30-25(29-22)23-5-3-4-11-27-23/h6-9,13-14H,3-5,10-12,15-16H2,1-2H3,(H,29,30,32). The highest BCUT2D eigenvalue weighted by Gasteiger charge is 2.23. The number of aliphatic imine (C=N–C) groups is 1. The number of benzene rings is 1. The van der Waals surface area contributed by atoms with Gasteiger partial charge in [-0.15, -0.1) is 0 Å². The van der Waals surface area contributed by atoms with Crippen molar-refractivity contribution in [3.05, 3.63) is 69.5 Å². The predicted molar refractivity (Wildman–Crippen MR) is 131 cm³/mol. The van der Waals surface area contributed by atoms with Crippen LogP contribution in [-0.4, -0.2) is 52.9 Å². The number of pyridine rings is 1. The van der Waals surface area contributed by atoms with Crippen molar-refractivity contribution in [1.29, 1.82) is 0 Å². The first-order chi connectivity index (χ1) is 16.6. The van der Waals surface area contributed by atoms with Crippen molar-refractivity contribution < 1.29 is 9.47 Å². The highest BCUT2D eigenvalue weighted by molar-refractivity contribution is 5.97. The van der Waals surface area contributed by atoms with Gasteiger partial charge in [0.15, 0.2) is 5.82 Å². The molecule has 0 spiro atoms. The van der Waals surface area contributed by atoms with Crippen LogP contribution in [0.25, 0.3) is 11.3 Å². The van der Waals surface area contributed by atoms with Gasteiger partial charge in [-0.3, -0.25) is 19.7 Å². The molecule has 4 heterocycles. The highest BCUT2D eigenvalue weighted by Crippen LogP contribution is 2.32. The molecular weight excluding hydrogens is 430 g/mol. The summed E-state index contributed by atoms with van der Waals surface area (Å²) in [4.78, 5) is 32.1. The number of nitrogens with zero attached hydrogens (tertiary/aromatic N) is 4. The molecule has 8 heteroatoms. The Morgan fingerprint density at radius 3 is 2.74 bits per heavy atom. The van der Waals surface area contributed by atoms with E-state index in [4.69, 9.17) is 14.5 Å². The number of ether oxygens (including phenoxy) is 2. The van der Waals surface area contributed by atoms with Gasteiger partial charge < -0.3 is 14.5 Å². The van der Waals surface area contributed by atoms with Crippen molar-refractivity contribution in [1.82, 2.24) is 19.9 Å². The maximum atomic E-state index is 12.8. The van der Waals surface area contributed by atoms with Crippen LogP contribution < -0.4 is 15.0 Å². The van der Waals surface area contributed by atoms with Crippen molar-refractivity contribution in [3.8, 4) is 22.8 Å². The van der Waals surface area contributed by atoms with Crippen LogP contribution in [0.1, 0.15) is 41.9 Å². The first-order valence-corrected chi connectivity index (χ1v) is 11.7. The van der Waals surface area contributed by atoms with Crippen molar-refractivity contribution in [2.24, 2.45) is 4.99 Å². The first-order valence-electron chi connectivity index (χ1n) is 11.7. The number of aromatic nitrogens is 3. The molecule has 2 aliphatic heterocycles. The third kappa shape index (κ3) is 4.59. The molecular formula is C26H29N5O3. The number of nitrogens with one attached hydrogen (secondary N) is 1. The smallest absolute Gasteiger partial charge is 0.255 e. The predicted octanol–water partition coefficient (Wildman–Crippen LogP) is 3.38. The van der Waals surface area contributed by atoms with E-state index < -0.39 is 0 Å². The van der Waals surface area contributed by atoms with Crippen molar-refractivity contribution >= 4 is 5.71 Å². The van der Waals surface area contributed by atoms with Crippen molar-refractivity contribution in [2.45, 2.75) is 38.8 Å². The van der Waals surface area contributed by atoms with Crippen LogP contribution in [0.4, 0.5) is 0 Å². The molecule has 2 aliphatic rings. The van der Waals surface area contributed by atoms with E-state index in [9.17, 15) is 4.79 Å². The molecule has 3 aromatic rings. The first kappa shape index (κ1) is 22.3. The summed E-state index contributed by atoms with van der Waals surface area (Å²) >= 11 is 0. The van der Waals surface area contributed by atoms with Gasteiger partial charge in [0.05, 0.1) is 36.9 Å². The van der Waals surface area contributed by atoms with E-state index in [0.29, 0.717) is 12.4 Å². The zero-order chi connectivity index (χ0) is 23.5. The molecule has 176 valence electrons. The van der Waals surface area contributed by atoms with Gasteiger partial charge in [0.1, 0.15) is 11.5 Å². The zero-order valence-electron chi connectivity index (χ0n) is 19.6. The zero-order valence-corrected chi connectivity index (χ0v) is 19.6. The molecule has 0 bridgehead atoms. The van der Waals surface area contributed by atoms with Gasteiger partial charge in [0.25, 0.3) is 5.56 Å². The van der Waals surface area contributed by atoms with Crippen LogP contribution in [0.2, 0.25) is 0 Å². The second-order valence-electron chi connectivity index (χ2n) is 8.70. The summed E-state index contributed by atoms with van der Waals surface area (Å²) in [6, 6.07) is 9.74. The summed E-state index contributed by atoms with van der Waals surface area (Å²) in [5.74, 6) is 2.16. The van der Waals surface area contributed by atoms with E-state index in [1.54, 1.807) is 14.2 Å². The molecule has 0 saturated heterocycles. The Morgan fingerprint density at radius 1 is 1.09 bits per heavy atom. The average molecular weight is 460 g/mol. The number of methoxy groups -OCH3 is 2. The van der Waals surface area contributed by atoms with Crippen molar-refractivity contribution in [3.63, 3.8) is 0 Å². The number of fused-ring (bicyclic) bond motifs is 1. The Labute approximate surface area is 198 Å². The van der Waals surface area contributed by atoms with Crippen LogP contribution in [-0.2, 0) is 19.5 Å². The molecule has 8 nitrogen and oxygen atoms in total. The molecule has 34 heavy (non-hydrogen) atoms. The number of hydrogen-bond donors (Lipinski definition) is 1. The molecule has 2 aromatic heterocycles. The Morgan fingerprint density at radius 2 is 2.00 bits per heavy atom. The molecule has 0 atom stereocenters. The van der Waals surface area contributed by atoms with Crippen LogP contribution in [0.15, 0.2) is 46.3 Å². The van der Waals surface area contributed by atoms with Gasteiger partial charge in [-0.05, 0) is 49.1 Å². The number of aromatic amines is 1. The fourth-order valence-corrected chi connectivity index (χ4v) is 4.59. The van der Waals surface area contributed by atoms with Gasteiger partial charge >= 0.3 is 0 Å². The van der Waals surface area contributed by atoms with Gasteiger partial charge in [-0.2, -0.15) is 0 Å². The van der Waals surface area contributed by atoms with E-state index in [-0.39, 0.29) is 5.56 Å². The van der Waals surface area contributed by atoms with Gasteiger partial charge in [-0.25, -0.2) is 4.98 Å². The van der Waals surface area contributed by atoms with Crippen LogP contribution >= 0.6 is 0 Å². The summed E-state index contributed by atoms with van der Waals surface area (Å²) in [5.41, 5.74) is 5.35. The maximum Gasteiger partial charge on any atom is 0.255 e. The summed E-state index contributed by atoms with van der Waals surface area (Å²) < 4.78 is 10.8. The number of rotatable bonds is 6. The fraction of sp³-hybridized carbons (Fsp3) is 0.385. The lowest BCUT2D eigenvalue weighted by atomic mass is 10.0. The lowest BCUT2D eigenvalue weighted by Gasteiger charge is -2.27. The summed E-state index contributed by atoms with van der Waals surface area (Å²) in [6.45, 7) is 2.97. The number of hydrogen-bond acceptors (Lipinski definition) is 7. The molecule has 1 aromatic carbocycles. The molecule has 0 unspecified atom stereocenters. The molecule has 0 radical (unpaired) electrons. The molecule has 0 aliphatic carbocycles. The number of H-pyrrole nitrogens is 1. The second kappa shape index (κ2) is 9.77. The summed E-state index contributed by atoms with van der Waals surface area (Å²) in [7, 11) is 3.29. The minimum Gasteiger partial charge on any atom is -0.497 e. The average Bonchev–Trinajstić information content (AvgIpc) is 2.89. The molecule has 5 rings (SSSR count). The topological polar surface area (TPSA) is 92.7 Å². The van der Waals surface area contributed by atoms with E-state index in [0.717, 1.165) is 90.6 Å². The van der Waals surface area contributed by atoms with Crippen LogP contribution in [0, 0.1) is 0 Å². The normalized spacial score (nSPS) is 16.0. The Hall–Kier alpha value is -3.52. The maximum absolute atomic E-state index is 12.8. The Kier molecular flexibility index (Phi) is 6.40. The van der Waals surface area contributed by atoms with Gasteiger partial charge in [0.2, 0.25) is 0 Å². The lowest BCUT2D eigenvalue weighted by Crippen LogP contribution is -2.36. The van der Waals surface area contributed by atoms with Gasteiger partial charge in [-0.1, -0.05) is 6.07 Å². The molecule has 0 amide bonds. The Balaban J connectivity index is 1.31. The third-order valence-corrected chi connectivity index (χ3v) is 6.46. The van der Waals surface area contributed by atoms with Crippen LogP contribution in [0.3, 0.4) is 0 Å². The van der Waals surface area contributed by atoms with Crippen LogP contribution in [0.5, 0.6) is 11.5 Å². The highest BCUT2D eigenvalue weighted by atomic mass is 16.5. The lowest BCUT2D eigenvalue weighted by molar-refractivity contribution is 0.241. The quantitative estimate of drug-likeness (QED) is 0.608. The Bertz CT molecular complexity index is 1270. The minimum atomic E-state index is -0.0448. The van der Waals surface area contributed by atoms with E-state index in [1.807, 2.05) is 30.5 Å². The largest absolute Gasteiger partial charge is 0.497 e. The summed E-state index contributed by atoms with van der Waals surface area (Å²) in [5, 5.41) is 0. The second-order valence-corrected chi connectivity index (χ2v) is 8.70. The molecule has 1 N–H and O–H groups in total. The van der Waals surface area contributed by atoms with E-state index in [1.165, 1.54) is 0 Å². The SMILES string of the molecule is COc1ccc(OC)c(-c2ccc(CN3CCc4nc(C5=NCCCC5)[nH]c(=O)c4C3)cn2)c1. The van der Waals surface area contributed by atoms with Gasteiger partial charge in [0, 0.05) is 44.4 Å².